The number of hydrogen-bond acceptors (Lipinski definition) is 4. The molecule has 0 radical (unpaired) electrons. The first-order chi connectivity index (χ1) is 7.43. The second kappa shape index (κ2) is 12.3. The summed E-state index contributed by atoms with van der Waals surface area (Å²) in [5.74, 6) is -0.0985. The molecule has 0 fully saturated rings. The van der Waals surface area contributed by atoms with Gasteiger partial charge in [0.2, 0.25) is 11.8 Å². The molecule has 1 unspecified atom stereocenters. The molecule has 3 N–H and O–H groups in total. The van der Waals surface area contributed by atoms with Crippen molar-refractivity contribution < 1.29 is 18.4 Å². The summed E-state index contributed by atoms with van der Waals surface area (Å²) in [4.78, 5) is 21.0. The fraction of sp³-hybridized carbons (Fsp3) is 0.750. The van der Waals surface area contributed by atoms with Crippen LogP contribution in [-0.2, 0) is 25.7 Å². The molecular formula is C8H17N2O4S2+. The van der Waals surface area contributed by atoms with E-state index in [4.69, 9.17) is 8.76 Å². The molecule has 0 aromatic heterocycles. The lowest BCUT2D eigenvalue weighted by atomic mass is 10.3. The monoisotopic (exact) mass is 269 g/mol. The van der Waals surface area contributed by atoms with Crippen molar-refractivity contribution in [3.05, 3.63) is 0 Å². The lowest BCUT2D eigenvalue weighted by molar-refractivity contribution is -0.120. The fourth-order valence-corrected chi connectivity index (χ4v) is 0.999. The number of rotatable bonds is 5. The third-order valence-corrected chi connectivity index (χ3v) is 1.88. The van der Waals surface area contributed by atoms with E-state index in [0.29, 0.717) is 13.1 Å². The van der Waals surface area contributed by atoms with E-state index in [2.05, 4.69) is 23.3 Å². The van der Waals surface area contributed by atoms with E-state index < -0.39 is 11.9 Å². The Morgan fingerprint density at radius 3 is 2.12 bits per heavy atom. The van der Waals surface area contributed by atoms with Crippen LogP contribution < -0.4 is 10.6 Å². The Morgan fingerprint density at radius 1 is 1.31 bits per heavy atom. The van der Waals surface area contributed by atoms with Crippen molar-refractivity contribution in [1.82, 2.24) is 10.6 Å². The maximum Gasteiger partial charge on any atom is 0.690 e. The maximum atomic E-state index is 10.5. The summed E-state index contributed by atoms with van der Waals surface area (Å²) in [5, 5.41) is 5.41. The van der Waals surface area contributed by atoms with Gasteiger partial charge in [-0.3, -0.25) is 9.59 Å². The van der Waals surface area contributed by atoms with Crippen molar-refractivity contribution in [2.24, 2.45) is 0 Å². The molecule has 6 nitrogen and oxygen atoms in total. The summed E-state index contributed by atoms with van der Waals surface area (Å²) < 4.78 is 15.3. The second-order valence-electron chi connectivity index (χ2n) is 2.94. The van der Waals surface area contributed by atoms with Crippen LogP contribution in [0.3, 0.4) is 0 Å². The minimum Gasteiger partial charge on any atom is -0.356 e. The number of amides is 2. The topological polar surface area (TPSA) is 95.5 Å². The molecule has 0 bridgehead atoms. The van der Waals surface area contributed by atoms with Crippen molar-refractivity contribution in [2.75, 3.05) is 13.1 Å². The highest BCUT2D eigenvalue weighted by molar-refractivity contribution is 7.81. The first-order valence-corrected chi connectivity index (χ1v) is 5.75. The molecule has 0 heterocycles. The Labute approximate surface area is 104 Å². The van der Waals surface area contributed by atoms with E-state index >= 15 is 0 Å². The van der Waals surface area contributed by atoms with E-state index in [1.54, 1.807) is 0 Å². The van der Waals surface area contributed by atoms with Crippen molar-refractivity contribution in [1.29, 1.82) is 0 Å². The van der Waals surface area contributed by atoms with Gasteiger partial charge in [0.1, 0.15) is 0 Å². The molecule has 8 heteroatoms. The molecule has 0 aromatic rings. The zero-order valence-electron chi connectivity index (χ0n) is 9.23. The van der Waals surface area contributed by atoms with Gasteiger partial charge in [0.15, 0.2) is 0 Å². The molecule has 0 saturated heterocycles. The zero-order chi connectivity index (χ0) is 13.0. The largest absolute Gasteiger partial charge is 0.690 e. The molecule has 16 heavy (non-hydrogen) atoms. The van der Waals surface area contributed by atoms with Gasteiger partial charge in [0.05, 0.1) is 4.21 Å². The maximum absolute atomic E-state index is 10.5. The minimum absolute atomic E-state index is 0.0416. The summed E-state index contributed by atoms with van der Waals surface area (Å²) in [6.07, 6.45) is 0.753. The Bertz CT molecular complexity index is 226. The van der Waals surface area contributed by atoms with E-state index in [0.717, 1.165) is 6.42 Å². The Hall–Kier alpha value is -0.730. The van der Waals surface area contributed by atoms with Gasteiger partial charge in [0, 0.05) is 32.2 Å². The van der Waals surface area contributed by atoms with Crippen molar-refractivity contribution in [3.8, 4) is 0 Å². The van der Waals surface area contributed by atoms with Gasteiger partial charge in [-0.1, -0.05) is 4.55 Å². The van der Waals surface area contributed by atoms with Crippen molar-refractivity contribution >= 4 is 36.4 Å². The van der Waals surface area contributed by atoms with Crippen molar-refractivity contribution in [2.45, 2.75) is 25.5 Å². The number of thiol groups is 1. The smallest absolute Gasteiger partial charge is 0.356 e. The summed E-state index contributed by atoms with van der Waals surface area (Å²) in [6, 6.07) is 0. The highest BCUT2D eigenvalue weighted by atomic mass is 32.2. The summed E-state index contributed by atoms with van der Waals surface area (Å²) in [5.41, 5.74) is 0. The van der Waals surface area contributed by atoms with Gasteiger partial charge < -0.3 is 10.6 Å². The predicted molar refractivity (Wildman–Crippen MR) is 65.4 cm³/mol. The van der Waals surface area contributed by atoms with E-state index in [1.165, 1.54) is 13.8 Å². The van der Waals surface area contributed by atoms with Gasteiger partial charge in [-0.15, -0.1) is 0 Å². The van der Waals surface area contributed by atoms with Crippen LogP contribution in [0.25, 0.3) is 0 Å². The molecule has 2 amide bonds. The summed E-state index contributed by atoms with van der Waals surface area (Å²) in [6.45, 7) is 4.08. The highest BCUT2D eigenvalue weighted by Crippen LogP contribution is 1.97. The molecule has 0 aromatic carbocycles. The van der Waals surface area contributed by atoms with Crippen LogP contribution >= 0.6 is 12.6 Å². The predicted octanol–water partition coefficient (Wildman–Crippen LogP) is -0.165. The number of carbonyl (C=O) groups is 2. The zero-order valence-corrected chi connectivity index (χ0v) is 10.9. The average molecular weight is 269 g/mol. The van der Waals surface area contributed by atoms with Crippen LogP contribution in [0.5, 0.6) is 0 Å². The van der Waals surface area contributed by atoms with Crippen LogP contribution in [0.4, 0.5) is 0 Å². The molecule has 0 rings (SSSR count). The van der Waals surface area contributed by atoms with E-state index in [-0.39, 0.29) is 17.1 Å². The first kappa shape index (κ1) is 17.7. The van der Waals surface area contributed by atoms with Gasteiger partial charge in [-0.2, -0.15) is 12.6 Å². The van der Waals surface area contributed by atoms with Crippen LogP contribution in [0.2, 0.25) is 0 Å². The molecule has 0 aliphatic heterocycles. The molecule has 94 valence electrons. The van der Waals surface area contributed by atoms with Crippen LogP contribution in [0.1, 0.15) is 20.3 Å². The third-order valence-electron chi connectivity index (χ3n) is 1.44. The lowest BCUT2D eigenvalue weighted by Crippen LogP contribution is -2.30. The second-order valence-corrected chi connectivity index (χ2v) is 3.82. The van der Waals surface area contributed by atoms with Crippen LogP contribution in [0, 0.1) is 0 Å². The summed E-state index contributed by atoms with van der Waals surface area (Å²) in [7, 11) is 0. The fourth-order valence-electron chi connectivity index (χ4n) is 0.778. The SMILES string of the molecule is CC(=O)NCCC(S)CNC(C)=O.O=[S+]O. The highest BCUT2D eigenvalue weighted by Gasteiger charge is 2.03. The van der Waals surface area contributed by atoms with Gasteiger partial charge in [-0.05, 0) is 6.42 Å². The van der Waals surface area contributed by atoms with Gasteiger partial charge >= 0.3 is 11.9 Å². The van der Waals surface area contributed by atoms with Gasteiger partial charge in [0.25, 0.3) is 0 Å². The van der Waals surface area contributed by atoms with Gasteiger partial charge in [-0.25, -0.2) is 0 Å². The molecule has 0 aliphatic rings. The normalized spacial score (nSPS) is 10.5. The number of hydrogen-bond donors (Lipinski definition) is 4. The first-order valence-electron chi connectivity index (χ1n) is 4.54. The third kappa shape index (κ3) is 18.9. The molecule has 0 spiro atoms. The molecule has 0 saturated carbocycles. The summed E-state index contributed by atoms with van der Waals surface area (Å²) >= 11 is 3.74. The number of carbonyl (C=O) groups excluding carboxylic acids is 2. The Kier molecular flexibility index (Phi) is 13.6. The lowest BCUT2D eigenvalue weighted by Gasteiger charge is -2.10. The average Bonchev–Trinajstić information content (AvgIpc) is 2.15. The van der Waals surface area contributed by atoms with Crippen LogP contribution in [-0.4, -0.2) is 34.7 Å². The quantitative estimate of drug-likeness (QED) is 0.317. The molecular weight excluding hydrogens is 252 g/mol. The molecule has 1 atom stereocenters. The Balaban J connectivity index is 0. The van der Waals surface area contributed by atoms with E-state index in [1.807, 2.05) is 0 Å². The standard InChI is InChI=1S/C8H16N2O2S.O2S/c1-6(11)9-4-3-8(13)5-10-7(2)12;1-3-2/h8,13H,3-5H2,1-2H3,(H,9,11)(H,10,12);/p+1. The van der Waals surface area contributed by atoms with Crippen molar-refractivity contribution in [3.63, 3.8) is 0 Å². The number of nitrogens with one attached hydrogen (secondary N) is 2. The Morgan fingerprint density at radius 2 is 1.75 bits per heavy atom. The van der Waals surface area contributed by atoms with Crippen LogP contribution in [0.15, 0.2) is 0 Å². The minimum atomic E-state index is -0.500. The van der Waals surface area contributed by atoms with E-state index in [9.17, 15) is 9.59 Å². The molecule has 0 aliphatic carbocycles.